The number of hydrogen-bond acceptors (Lipinski definition) is 1. The van der Waals surface area contributed by atoms with Gasteiger partial charge in [0.1, 0.15) is 0 Å². The van der Waals surface area contributed by atoms with E-state index < -0.39 is 10.0 Å². The molecular formula is C9H22S2. The molecule has 0 fully saturated rings. The van der Waals surface area contributed by atoms with Crippen molar-refractivity contribution >= 4 is 22.7 Å². The molecule has 0 rings (SSSR count). The Labute approximate surface area is 78.9 Å². The van der Waals surface area contributed by atoms with Gasteiger partial charge in [-0.3, -0.25) is 0 Å². The van der Waals surface area contributed by atoms with Crippen molar-refractivity contribution in [2.24, 2.45) is 0 Å². The third-order valence-electron chi connectivity index (χ3n) is 2.61. The Morgan fingerprint density at radius 1 is 1.27 bits per heavy atom. The van der Waals surface area contributed by atoms with Gasteiger partial charge in [0.05, 0.1) is 0 Å². The average Bonchev–Trinajstić information content (AvgIpc) is 1.83. The second kappa shape index (κ2) is 3.61. The van der Waals surface area contributed by atoms with Gasteiger partial charge in [-0.2, -0.15) is 12.6 Å². The molecule has 0 saturated heterocycles. The van der Waals surface area contributed by atoms with Crippen LogP contribution < -0.4 is 0 Å². The van der Waals surface area contributed by atoms with E-state index in [4.69, 9.17) is 0 Å². The minimum absolute atomic E-state index is 0.426. The van der Waals surface area contributed by atoms with Crippen LogP contribution in [0.4, 0.5) is 0 Å². The monoisotopic (exact) mass is 194 g/mol. The summed E-state index contributed by atoms with van der Waals surface area (Å²) in [6.07, 6.45) is 5.95. The fourth-order valence-corrected chi connectivity index (χ4v) is 3.42. The Bertz CT molecular complexity index is 122. The predicted octanol–water partition coefficient (Wildman–Crippen LogP) is 3.52. The van der Waals surface area contributed by atoms with Crippen LogP contribution in [0.15, 0.2) is 0 Å². The first kappa shape index (κ1) is 11.7. The lowest BCUT2D eigenvalue weighted by molar-refractivity contribution is 0.780. The number of hydrogen-bond donors (Lipinski definition) is 1. The molecule has 2 heteroatoms. The second-order valence-electron chi connectivity index (χ2n) is 4.38. The summed E-state index contributed by atoms with van der Waals surface area (Å²) in [5.41, 5.74) is 0. The van der Waals surface area contributed by atoms with E-state index in [1.54, 1.807) is 0 Å². The van der Waals surface area contributed by atoms with E-state index in [9.17, 15) is 0 Å². The Balaban J connectivity index is 4.45. The Kier molecular flexibility index (Phi) is 3.84. The van der Waals surface area contributed by atoms with Crippen LogP contribution >= 0.6 is 22.7 Å². The van der Waals surface area contributed by atoms with E-state index >= 15 is 0 Å². The standard InChI is InChI=1S/C9H22S2/c1-7-8(10)11(5,6)9(2,3)4/h8,10H,7H2,1-6H3. The maximum absolute atomic E-state index is 4.64. The third-order valence-corrected chi connectivity index (χ3v) is 9.40. The molecule has 0 bridgehead atoms. The number of thiol groups is 1. The van der Waals surface area contributed by atoms with Crippen molar-refractivity contribution in [2.75, 3.05) is 12.5 Å². The molecule has 1 atom stereocenters. The first-order chi connectivity index (χ1) is 4.73. The first-order valence-electron chi connectivity index (χ1n) is 4.13. The maximum Gasteiger partial charge on any atom is 0.0315 e. The Morgan fingerprint density at radius 3 is 1.73 bits per heavy atom. The lowest BCUT2D eigenvalue weighted by Crippen LogP contribution is -2.29. The van der Waals surface area contributed by atoms with Gasteiger partial charge in [-0.1, -0.05) is 27.7 Å². The van der Waals surface area contributed by atoms with Gasteiger partial charge in [-0.05, 0) is 23.7 Å². The molecule has 0 N–H and O–H groups in total. The summed E-state index contributed by atoms with van der Waals surface area (Å²) in [6, 6.07) is 0. The van der Waals surface area contributed by atoms with E-state index in [1.807, 2.05) is 0 Å². The van der Waals surface area contributed by atoms with Crippen LogP contribution in [0, 0.1) is 0 Å². The van der Waals surface area contributed by atoms with Crippen LogP contribution in [0.25, 0.3) is 0 Å². The zero-order valence-electron chi connectivity index (χ0n) is 8.64. The fourth-order valence-electron chi connectivity index (χ4n) is 0.825. The van der Waals surface area contributed by atoms with Crippen molar-refractivity contribution in [1.82, 2.24) is 0 Å². The molecule has 0 saturated carbocycles. The molecule has 0 aromatic carbocycles. The lowest BCUT2D eigenvalue weighted by Gasteiger charge is -2.48. The molecule has 0 nitrogen and oxygen atoms in total. The lowest BCUT2D eigenvalue weighted by atomic mass is 10.3. The smallest absolute Gasteiger partial charge is 0.0315 e. The molecule has 70 valence electrons. The molecule has 0 spiro atoms. The Hall–Kier alpha value is 0.700. The van der Waals surface area contributed by atoms with Crippen LogP contribution in [-0.4, -0.2) is 21.8 Å². The van der Waals surface area contributed by atoms with Crippen molar-refractivity contribution in [1.29, 1.82) is 0 Å². The fraction of sp³-hybridized carbons (Fsp3) is 1.00. The van der Waals surface area contributed by atoms with Gasteiger partial charge in [-0.25, -0.2) is 10.0 Å². The molecule has 0 amide bonds. The summed E-state index contributed by atoms with van der Waals surface area (Å²) < 4.78 is 1.01. The van der Waals surface area contributed by atoms with E-state index in [2.05, 4.69) is 52.8 Å². The summed E-state index contributed by atoms with van der Waals surface area (Å²) in [5.74, 6) is 0. The summed E-state index contributed by atoms with van der Waals surface area (Å²) in [7, 11) is -0.562. The highest BCUT2D eigenvalue weighted by molar-refractivity contribution is 8.38. The van der Waals surface area contributed by atoms with Crippen molar-refractivity contribution in [3.05, 3.63) is 0 Å². The third kappa shape index (κ3) is 2.59. The topological polar surface area (TPSA) is 0 Å². The summed E-state index contributed by atoms with van der Waals surface area (Å²) in [6.45, 7) is 9.18. The van der Waals surface area contributed by atoms with Crippen LogP contribution in [0.1, 0.15) is 34.1 Å². The van der Waals surface area contributed by atoms with E-state index in [-0.39, 0.29) is 0 Å². The van der Waals surface area contributed by atoms with E-state index in [1.165, 1.54) is 6.42 Å². The molecular weight excluding hydrogens is 172 g/mol. The Morgan fingerprint density at radius 2 is 1.64 bits per heavy atom. The predicted molar refractivity (Wildman–Crippen MR) is 62.3 cm³/mol. The van der Waals surface area contributed by atoms with Crippen LogP contribution in [0.3, 0.4) is 0 Å². The molecule has 0 aliphatic rings. The summed E-state index contributed by atoms with van der Waals surface area (Å²) >= 11 is 4.64. The molecule has 0 aromatic rings. The average molecular weight is 194 g/mol. The van der Waals surface area contributed by atoms with Gasteiger partial charge in [0, 0.05) is 4.58 Å². The quantitative estimate of drug-likeness (QED) is 0.639. The summed E-state index contributed by atoms with van der Waals surface area (Å²) in [4.78, 5) is 0. The minimum Gasteiger partial charge on any atom is -0.230 e. The van der Waals surface area contributed by atoms with E-state index in [0.29, 0.717) is 9.33 Å². The zero-order valence-corrected chi connectivity index (χ0v) is 10.4. The maximum atomic E-state index is 4.64. The molecule has 0 aliphatic carbocycles. The normalized spacial score (nSPS) is 18.1. The largest absolute Gasteiger partial charge is 0.230 e. The molecule has 0 radical (unpaired) electrons. The highest BCUT2D eigenvalue weighted by Gasteiger charge is 2.32. The molecule has 1 unspecified atom stereocenters. The van der Waals surface area contributed by atoms with Gasteiger partial charge in [-0.15, -0.1) is 0 Å². The number of rotatable bonds is 2. The van der Waals surface area contributed by atoms with Gasteiger partial charge in [0.15, 0.2) is 0 Å². The van der Waals surface area contributed by atoms with Gasteiger partial charge >= 0.3 is 0 Å². The first-order valence-corrected chi connectivity index (χ1v) is 7.16. The highest BCUT2D eigenvalue weighted by Crippen LogP contribution is 2.58. The molecule has 11 heavy (non-hydrogen) atoms. The van der Waals surface area contributed by atoms with Crippen molar-refractivity contribution in [3.63, 3.8) is 0 Å². The van der Waals surface area contributed by atoms with Crippen molar-refractivity contribution in [3.8, 4) is 0 Å². The second-order valence-corrected chi connectivity index (χ2v) is 9.96. The molecule has 0 aliphatic heterocycles. The SMILES string of the molecule is CCC(S)S(C)(C)C(C)(C)C. The zero-order chi connectivity index (χ0) is 9.28. The van der Waals surface area contributed by atoms with Gasteiger partial charge < -0.3 is 0 Å². The van der Waals surface area contributed by atoms with Gasteiger partial charge in [0.25, 0.3) is 0 Å². The molecule has 0 aromatic heterocycles. The van der Waals surface area contributed by atoms with Gasteiger partial charge in [0.2, 0.25) is 0 Å². The van der Waals surface area contributed by atoms with Crippen molar-refractivity contribution < 1.29 is 0 Å². The highest BCUT2D eigenvalue weighted by atomic mass is 32.3. The van der Waals surface area contributed by atoms with Crippen LogP contribution in [0.5, 0.6) is 0 Å². The van der Waals surface area contributed by atoms with Crippen LogP contribution in [-0.2, 0) is 0 Å². The summed E-state index contributed by atoms with van der Waals surface area (Å²) in [5, 5.41) is 0. The van der Waals surface area contributed by atoms with Crippen molar-refractivity contribution in [2.45, 2.75) is 43.4 Å². The van der Waals surface area contributed by atoms with Crippen LogP contribution in [0.2, 0.25) is 0 Å². The minimum atomic E-state index is -0.562. The van der Waals surface area contributed by atoms with E-state index in [0.717, 1.165) is 0 Å². The molecule has 0 heterocycles.